The van der Waals surface area contributed by atoms with Crippen LogP contribution in [0.1, 0.15) is 40.0 Å². The van der Waals surface area contributed by atoms with Gasteiger partial charge in [-0.05, 0) is 18.5 Å². The Labute approximate surface area is 110 Å². The zero-order valence-electron chi connectivity index (χ0n) is 10.2. The number of rotatable bonds is 7. The summed E-state index contributed by atoms with van der Waals surface area (Å²) in [5, 5.41) is 0. The molecule has 0 atom stereocenters. The SMILES string of the molecule is CCCP(CCC)CCC.O=S(=O)(O)SS. The maximum Gasteiger partial charge on any atom is 0.329 e. The van der Waals surface area contributed by atoms with E-state index in [1.54, 1.807) is 0 Å². The van der Waals surface area contributed by atoms with Gasteiger partial charge in [0, 0.05) is 0 Å². The van der Waals surface area contributed by atoms with Crippen molar-refractivity contribution in [2.75, 3.05) is 18.5 Å². The zero-order valence-corrected chi connectivity index (χ0v) is 13.6. The summed E-state index contributed by atoms with van der Waals surface area (Å²) >= 11 is 3.18. The first-order chi connectivity index (χ1) is 7.41. The van der Waals surface area contributed by atoms with Crippen LogP contribution in [-0.4, -0.2) is 31.5 Å². The van der Waals surface area contributed by atoms with E-state index in [1.807, 2.05) is 0 Å². The van der Waals surface area contributed by atoms with Gasteiger partial charge in [0.1, 0.15) is 0 Å². The third-order valence-electron chi connectivity index (χ3n) is 1.71. The van der Waals surface area contributed by atoms with Crippen LogP contribution >= 0.6 is 29.4 Å². The van der Waals surface area contributed by atoms with E-state index in [4.69, 9.17) is 4.55 Å². The maximum absolute atomic E-state index is 9.44. The first-order valence-corrected chi connectivity index (χ1v) is 11.2. The van der Waals surface area contributed by atoms with E-state index >= 15 is 0 Å². The standard InChI is InChI=1S/C9H21P.H2O3S3/c1-4-7-10(8-5-2)9-6-3;1-6(2,3)5-4/h4-9H2,1-3H3;4H,(H,1,2,3). The van der Waals surface area contributed by atoms with Gasteiger partial charge in [-0.25, -0.2) is 0 Å². The highest BCUT2D eigenvalue weighted by Crippen LogP contribution is 2.37. The quantitative estimate of drug-likeness (QED) is 0.322. The lowest BCUT2D eigenvalue weighted by atomic mass is 10.6. The van der Waals surface area contributed by atoms with Gasteiger partial charge in [-0.1, -0.05) is 51.7 Å². The molecule has 0 aliphatic heterocycles. The Morgan fingerprint density at radius 1 is 1.06 bits per heavy atom. The molecule has 0 fully saturated rings. The molecular weight excluding hydrogens is 283 g/mol. The Kier molecular flexibility index (Phi) is 15.1. The highest BCUT2D eigenvalue weighted by molar-refractivity contribution is 9.01. The molecule has 3 nitrogen and oxygen atoms in total. The van der Waals surface area contributed by atoms with Crippen LogP contribution in [0.3, 0.4) is 0 Å². The predicted molar refractivity (Wildman–Crippen MR) is 80.5 cm³/mol. The van der Waals surface area contributed by atoms with Crippen molar-refractivity contribution in [1.29, 1.82) is 0 Å². The maximum atomic E-state index is 9.44. The van der Waals surface area contributed by atoms with Crippen molar-refractivity contribution in [3.63, 3.8) is 0 Å². The van der Waals surface area contributed by atoms with Crippen molar-refractivity contribution in [1.82, 2.24) is 0 Å². The molecule has 7 heteroatoms. The summed E-state index contributed by atoms with van der Waals surface area (Å²) in [6.07, 6.45) is 8.72. The summed E-state index contributed by atoms with van der Waals surface area (Å²) in [6.45, 7) is 6.92. The Hall–Kier alpha value is 1.04. The van der Waals surface area contributed by atoms with Gasteiger partial charge in [-0.2, -0.15) is 8.42 Å². The fourth-order valence-electron chi connectivity index (χ4n) is 1.28. The number of thiol groups is 1. The van der Waals surface area contributed by atoms with Crippen LogP contribution in [0.15, 0.2) is 0 Å². The highest BCUT2D eigenvalue weighted by atomic mass is 33.5. The lowest BCUT2D eigenvalue weighted by Gasteiger charge is -2.13. The predicted octanol–water partition coefficient (Wildman–Crippen LogP) is 4.07. The van der Waals surface area contributed by atoms with E-state index in [1.165, 1.54) is 37.7 Å². The smallest absolute Gasteiger partial charge is 0.277 e. The summed E-state index contributed by atoms with van der Waals surface area (Å²) in [5.74, 6) is 0. The van der Waals surface area contributed by atoms with Gasteiger partial charge in [0.15, 0.2) is 0 Å². The molecular formula is C9H23O3PS3. The molecule has 0 unspecified atom stereocenters. The average molecular weight is 306 g/mol. The molecule has 0 radical (unpaired) electrons. The van der Waals surface area contributed by atoms with Crippen molar-refractivity contribution in [2.24, 2.45) is 0 Å². The van der Waals surface area contributed by atoms with Crippen molar-refractivity contribution < 1.29 is 13.0 Å². The second kappa shape index (κ2) is 12.5. The van der Waals surface area contributed by atoms with Crippen molar-refractivity contribution >= 4 is 38.6 Å². The second-order valence-electron chi connectivity index (χ2n) is 3.34. The molecule has 0 aliphatic rings. The van der Waals surface area contributed by atoms with Gasteiger partial charge in [0.2, 0.25) is 0 Å². The van der Waals surface area contributed by atoms with Gasteiger partial charge in [-0.15, -0.1) is 7.92 Å². The van der Waals surface area contributed by atoms with E-state index in [2.05, 4.69) is 32.4 Å². The summed E-state index contributed by atoms with van der Waals surface area (Å²) in [4.78, 5) is 0. The van der Waals surface area contributed by atoms with E-state index in [-0.39, 0.29) is 9.83 Å². The summed E-state index contributed by atoms with van der Waals surface area (Å²) < 4.78 is 26.6. The molecule has 0 rings (SSSR count). The molecule has 0 amide bonds. The molecule has 0 spiro atoms. The largest absolute Gasteiger partial charge is 0.329 e. The van der Waals surface area contributed by atoms with Crippen LogP contribution in [-0.2, 0) is 9.15 Å². The van der Waals surface area contributed by atoms with Gasteiger partial charge in [0.05, 0.1) is 9.83 Å². The van der Waals surface area contributed by atoms with Crippen LogP contribution in [0.4, 0.5) is 0 Å². The fraction of sp³-hybridized carbons (Fsp3) is 1.00. The normalized spacial score (nSPS) is 11.1. The van der Waals surface area contributed by atoms with E-state index in [9.17, 15) is 8.42 Å². The van der Waals surface area contributed by atoms with Crippen molar-refractivity contribution in [3.8, 4) is 0 Å². The number of hydrogen-bond donors (Lipinski definition) is 2. The summed E-state index contributed by atoms with van der Waals surface area (Å²) in [6, 6.07) is 0. The molecule has 0 aromatic rings. The van der Waals surface area contributed by atoms with E-state index < -0.39 is 9.15 Å². The second-order valence-corrected chi connectivity index (χ2v) is 10.1. The van der Waals surface area contributed by atoms with Gasteiger partial charge in [-0.3, -0.25) is 4.55 Å². The third-order valence-corrected chi connectivity index (χ3v) is 7.40. The minimum absolute atomic E-state index is 0.104. The van der Waals surface area contributed by atoms with E-state index in [0.717, 1.165) is 0 Å². The fourth-order valence-corrected chi connectivity index (χ4v) is 3.85. The molecule has 16 heavy (non-hydrogen) atoms. The average Bonchev–Trinajstić information content (AvgIpc) is 2.19. The molecule has 0 bridgehead atoms. The Morgan fingerprint density at radius 3 is 1.44 bits per heavy atom. The molecule has 0 aromatic heterocycles. The van der Waals surface area contributed by atoms with Crippen LogP contribution in [0.2, 0.25) is 0 Å². The molecule has 0 heterocycles. The van der Waals surface area contributed by atoms with Crippen LogP contribution < -0.4 is 0 Å². The lowest BCUT2D eigenvalue weighted by Crippen LogP contribution is -1.92. The topological polar surface area (TPSA) is 54.4 Å². The van der Waals surface area contributed by atoms with Gasteiger partial charge in [0.25, 0.3) is 0 Å². The first-order valence-electron chi connectivity index (χ1n) is 5.44. The van der Waals surface area contributed by atoms with Crippen LogP contribution in [0.5, 0.6) is 0 Å². The van der Waals surface area contributed by atoms with Crippen molar-refractivity contribution in [2.45, 2.75) is 40.0 Å². The van der Waals surface area contributed by atoms with E-state index in [0.29, 0.717) is 7.92 Å². The highest BCUT2D eigenvalue weighted by Gasteiger charge is 2.02. The molecule has 0 saturated heterocycles. The van der Waals surface area contributed by atoms with Crippen molar-refractivity contribution in [3.05, 3.63) is 0 Å². The number of hydrogen-bond acceptors (Lipinski definition) is 4. The van der Waals surface area contributed by atoms with Gasteiger partial charge < -0.3 is 0 Å². The minimum atomic E-state index is -3.88. The van der Waals surface area contributed by atoms with Gasteiger partial charge >= 0.3 is 9.15 Å². The molecule has 100 valence electrons. The van der Waals surface area contributed by atoms with Crippen LogP contribution in [0, 0.1) is 0 Å². The Balaban J connectivity index is 0. The molecule has 0 aliphatic carbocycles. The monoisotopic (exact) mass is 306 g/mol. The lowest BCUT2D eigenvalue weighted by molar-refractivity contribution is 0.503. The molecule has 0 saturated carbocycles. The van der Waals surface area contributed by atoms with Crippen LogP contribution in [0.25, 0.3) is 0 Å². The third kappa shape index (κ3) is 17.4. The Bertz CT molecular complexity index is 218. The Morgan fingerprint density at radius 2 is 1.31 bits per heavy atom. The summed E-state index contributed by atoms with van der Waals surface area (Å²) in [7, 11) is -3.34. The summed E-state index contributed by atoms with van der Waals surface area (Å²) in [5.41, 5.74) is 0. The first kappa shape index (κ1) is 19.4. The molecule has 1 N–H and O–H groups in total. The minimum Gasteiger partial charge on any atom is -0.277 e. The zero-order chi connectivity index (χ0) is 13.0. The molecule has 0 aromatic carbocycles.